The minimum Gasteiger partial charge on any atom is -0.381 e. The highest BCUT2D eigenvalue weighted by molar-refractivity contribution is 9.10. The topological polar surface area (TPSA) is 44.5 Å². The summed E-state index contributed by atoms with van der Waals surface area (Å²) < 4.78 is 12.6. The van der Waals surface area contributed by atoms with E-state index in [1.54, 1.807) is 0 Å². The molecule has 1 saturated heterocycles. The Hall–Kier alpha value is -0.420. The van der Waals surface area contributed by atoms with Gasteiger partial charge in [0.25, 0.3) is 0 Å². The fourth-order valence-corrected chi connectivity index (χ4v) is 2.95. The molecule has 1 aromatic rings. The average molecular weight is 328 g/mol. The fraction of sp³-hybridized carbons (Fsp3) is 0.600. The first-order valence-electron chi connectivity index (χ1n) is 6.88. The number of nitrogens with two attached hydrogens (primary N) is 1. The van der Waals surface area contributed by atoms with Gasteiger partial charge in [0.1, 0.15) is 0 Å². The summed E-state index contributed by atoms with van der Waals surface area (Å²) in [6.07, 6.45) is 2.62. The molecule has 4 heteroatoms. The maximum atomic E-state index is 6.45. The summed E-state index contributed by atoms with van der Waals surface area (Å²) in [5.41, 5.74) is 7.48. The zero-order valence-corrected chi connectivity index (χ0v) is 13.0. The van der Waals surface area contributed by atoms with E-state index < -0.39 is 0 Å². The molecule has 0 spiro atoms. The Kier molecular flexibility index (Phi) is 5.39. The normalized spacial score (nSPS) is 20.2. The largest absolute Gasteiger partial charge is 0.381 e. The lowest BCUT2D eigenvalue weighted by Crippen LogP contribution is -2.54. The molecule has 1 atom stereocenters. The molecule has 1 aliphatic rings. The van der Waals surface area contributed by atoms with Crippen molar-refractivity contribution in [2.75, 3.05) is 19.8 Å². The summed E-state index contributed by atoms with van der Waals surface area (Å²) in [7, 11) is 0. The smallest absolute Gasteiger partial charge is 0.0879 e. The van der Waals surface area contributed by atoms with Crippen LogP contribution in [-0.2, 0) is 15.9 Å². The number of benzene rings is 1. The molecule has 1 unspecified atom stereocenters. The van der Waals surface area contributed by atoms with Gasteiger partial charge in [0.15, 0.2) is 0 Å². The Labute approximate surface area is 123 Å². The van der Waals surface area contributed by atoms with E-state index in [4.69, 9.17) is 15.2 Å². The van der Waals surface area contributed by atoms with Gasteiger partial charge in [-0.1, -0.05) is 28.1 Å². The van der Waals surface area contributed by atoms with Crippen LogP contribution >= 0.6 is 15.9 Å². The second-order valence-corrected chi connectivity index (χ2v) is 5.96. The van der Waals surface area contributed by atoms with Crippen LogP contribution in [-0.4, -0.2) is 31.5 Å². The first kappa shape index (κ1) is 15.0. The molecular formula is C15H22BrNO2. The van der Waals surface area contributed by atoms with Gasteiger partial charge >= 0.3 is 0 Å². The monoisotopic (exact) mass is 327 g/mol. The highest BCUT2D eigenvalue weighted by Crippen LogP contribution is 2.30. The van der Waals surface area contributed by atoms with Crippen LogP contribution < -0.4 is 5.73 Å². The van der Waals surface area contributed by atoms with Crippen molar-refractivity contribution in [3.8, 4) is 0 Å². The lowest BCUT2D eigenvalue weighted by molar-refractivity contribution is -0.120. The molecular weight excluding hydrogens is 306 g/mol. The van der Waals surface area contributed by atoms with Gasteiger partial charge in [-0.25, -0.2) is 0 Å². The average Bonchev–Trinajstić information content (AvgIpc) is 2.43. The van der Waals surface area contributed by atoms with Gasteiger partial charge in [0.05, 0.1) is 5.60 Å². The molecule has 1 heterocycles. The van der Waals surface area contributed by atoms with E-state index in [-0.39, 0.29) is 11.6 Å². The minimum absolute atomic E-state index is 0.0116. The Morgan fingerprint density at radius 3 is 2.53 bits per heavy atom. The lowest BCUT2D eigenvalue weighted by atomic mass is 9.83. The molecule has 0 saturated carbocycles. The van der Waals surface area contributed by atoms with E-state index in [0.717, 1.165) is 36.9 Å². The van der Waals surface area contributed by atoms with Crippen LogP contribution in [0.5, 0.6) is 0 Å². The molecule has 3 nitrogen and oxygen atoms in total. The number of rotatable bonds is 5. The van der Waals surface area contributed by atoms with Crippen molar-refractivity contribution in [1.82, 2.24) is 0 Å². The number of ether oxygens (including phenoxy) is 2. The molecule has 1 aromatic carbocycles. The third-order valence-corrected chi connectivity index (χ3v) is 4.34. The van der Waals surface area contributed by atoms with Crippen LogP contribution in [0.4, 0.5) is 0 Å². The zero-order valence-electron chi connectivity index (χ0n) is 11.4. The van der Waals surface area contributed by atoms with E-state index >= 15 is 0 Å². The molecule has 106 valence electrons. The molecule has 2 N–H and O–H groups in total. The highest BCUT2D eigenvalue weighted by Gasteiger charge is 2.39. The molecule has 1 fully saturated rings. The Bertz CT molecular complexity index is 382. The van der Waals surface area contributed by atoms with Crippen molar-refractivity contribution in [2.45, 2.75) is 37.8 Å². The third-order valence-electron chi connectivity index (χ3n) is 3.82. The molecule has 0 bridgehead atoms. The minimum atomic E-state index is -0.222. The van der Waals surface area contributed by atoms with Crippen LogP contribution in [0, 0.1) is 0 Å². The van der Waals surface area contributed by atoms with Gasteiger partial charge in [-0.15, -0.1) is 0 Å². The molecule has 0 radical (unpaired) electrons. The van der Waals surface area contributed by atoms with Gasteiger partial charge in [-0.2, -0.15) is 0 Å². The summed E-state index contributed by atoms with van der Waals surface area (Å²) in [4.78, 5) is 0. The molecule has 19 heavy (non-hydrogen) atoms. The van der Waals surface area contributed by atoms with Gasteiger partial charge < -0.3 is 15.2 Å². The molecule has 2 rings (SSSR count). The molecule has 0 aliphatic carbocycles. The van der Waals surface area contributed by atoms with Crippen LogP contribution in [0.2, 0.25) is 0 Å². The Balaban J connectivity index is 2.06. The van der Waals surface area contributed by atoms with Crippen molar-refractivity contribution in [2.24, 2.45) is 5.73 Å². The van der Waals surface area contributed by atoms with Crippen molar-refractivity contribution < 1.29 is 9.47 Å². The van der Waals surface area contributed by atoms with Crippen molar-refractivity contribution in [3.63, 3.8) is 0 Å². The summed E-state index contributed by atoms with van der Waals surface area (Å²) in [5.74, 6) is 0. The van der Waals surface area contributed by atoms with E-state index in [9.17, 15) is 0 Å². The van der Waals surface area contributed by atoms with Crippen LogP contribution in [0.15, 0.2) is 28.7 Å². The fourth-order valence-electron chi connectivity index (χ4n) is 2.69. The van der Waals surface area contributed by atoms with Crippen LogP contribution in [0.25, 0.3) is 0 Å². The van der Waals surface area contributed by atoms with Crippen molar-refractivity contribution in [3.05, 3.63) is 34.3 Å². The van der Waals surface area contributed by atoms with Crippen molar-refractivity contribution in [1.29, 1.82) is 0 Å². The van der Waals surface area contributed by atoms with Gasteiger partial charge in [-0.3, -0.25) is 0 Å². The summed E-state index contributed by atoms with van der Waals surface area (Å²) in [6, 6.07) is 8.35. The molecule has 1 aliphatic heterocycles. The first-order valence-corrected chi connectivity index (χ1v) is 7.67. The first-order chi connectivity index (χ1) is 9.16. The van der Waals surface area contributed by atoms with E-state index in [0.29, 0.717) is 6.61 Å². The van der Waals surface area contributed by atoms with E-state index in [1.165, 1.54) is 5.56 Å². The third kappa shape index (κ3) is 3.78. The quantitative estimate of drug-likeness (QED) is 0.904. The van der Waals surface area contributed by atoms with Gasteiger partial charge in [0, 0.05) is 43.2 Å². The highest BCUT2D eigenvalue weighted by atomic mass is 79.9. The lowest BCUT2D eigenvalue weighted by Gasteiger charge is -2.41. The zero-order chi connectivity index (χ0) is 13.7. The second kappa shape index (κ2) is 6.84. The van der Waals surface area contributed by atoms with Crippen molar-refractivity contribution >= 4 is 15.9 Å². The van der Waals surface area contributed by atoms with E-state index in [1.807, 2.05) is 6.92 Å². The maximum Gasteiger partial charge on any atom is 0.0879 e. The molecule has 0 aromatic heterocycles. The predicted molar refractivity (Wildman–Crippen MR) is 80.2 cm³/mol. The van der Waals surface area contributed by atoms with E-state index in [2.05, 4.69) is 40.2 Å². The standard InChI is InChI=1S/C15H22BrNO2/c1-2-19-15(7-9-18-10-8-15)14(17)11-12-3-5-13(16)6-4-12/h3-6,14H,2,7-11,17H2,1H3. The van der Waals surface area contributed by atoms with Gasteiger partial charge in [-0.05, 0) is 31.0 Å². The van der Waals surface area contributed by atoms with Crippen LogP contribution in [0.3, 0.4) is 0 Å². The summed E-state index contributed by atoms with van der Waals surface area (Å²) >= 11 is 3.45. The predicted octanol–water partition coefficient (Wildman–Crippen LogP) is 2.90. The van der Waals surface area contributed by atoms with Gasteiger partial charge in [0.2, 0.25) is 0 Å². The summed E-state index contributed by atoms with van der Waals surface area (Å²) in [5, 5.41) is 0. The number of hydrogen-bond donors (Lipinski definition) is 1. The molecule has 0 amide bonds. The number of hydrogen-bond acceptors (Lipinski definition) is 3. The SMILES string of the molecule is CCOC1(C(N)Cc2ccc(Br)cc2)CCOCC1. The maximum absolute atomic E-state index is 6.45. The Morgan fingerprint density at radius 2 is 1.95 bits per heavy atom. The Morgan fingerprint density at radius 1 is 1.32 bits per heavy atom. The number of halogens is 1. The second-order valence-electron chi connectivity index (χ2n) is 5.05. The summed E-state index contributed by atoms with van der Waals surface area (Å²) in [6.45, 7) is 4.22. The van der Waals surface area contributed by atoms with Crippen LogP contribution in [0.1, 0.15) is 25.3 Å².